The van der Waals surface area contributed by atoms with Crippen molar-refractivity contribution in [2.45, 2.75) is 10.5 Å². The predicted octanol–water partition coefficient (Wildman–Crippen LogP) is 1.94. The van der Waals surface area contributed by atoms with Gasteiger partial charge in [0.25, 0.3) is 0 Å². The maximum absolute atomic E-state index is 11.8. The predicted molar refractivity (Wildman–Crippen MR) is 53.4 cm³/mol. The highest BCUT2D eigenvalue weighted by atomic mass is 32.2. The van der Waals surface area contributed by atoms with E-state index in [9.17, 15) is 4.79 Å². The Morgan fingerprint density at radius 2 is 2.17 bits per heavy atom. The molecule has 2 atom stereocenters. The Morgan fingerprint density at radius 3 is 2.92 bits per heavy atom. The second kappa shape index (κ2) is 2.32. The maximum Gasteiger partial charge on any atom is 0.163 e. The lowest BCUT2D eigenvalue weighted by Crippen LogP contribution is -2.55. The normalized spacial score (nSPS) is 41.8. The summed E-state index contributed by atoms with van der Waals surface area (Å²) in [7, 11) is 0. The van der Waals surface area contributed by atoms with Crippen molar-refractivity contribution < 1.29 is 4.79 Å². The zero-order valence-corrected chi connectivity index (χ0v) is 8.29. The molecule has 1 heterocycles. The van der Waals surface area contributed by atoms with Gasteiger partial charge in [-0.15, -0.1) is 23.5 Å². The second-order valence-corrected chi connectivity index (χ2v) is 6.46. The van der Waals surface area contributed by atoms with E-state index in [0.29, 0.717) is 17.6 Å². The summed E-state index contributed by atoms with van der Waals surface area (Å²) >= 11 is 3.76. The largest absolute Gasteiger partial charge is 0.297 e. The van der Waals surface area contributed by atoms with Crippen LogP contribution in [0.15, 0.2) is 12.2 Å². The molecule has 1 spiro atoms. The number of hydrogen-bond donors (Lipinski definition) is 0. The Bertz CT molecular complexity index is 266. The van der Waals surface area contributed by atoms with Crippen LogP contribution in [0.25, 0.3) is 0 Å². The summed E-state index contributed by atoms with van der Waals surface area (Å²) in [6.45, 7) is 0. The molecule has 3 aliphatic rings. The molecule has 0 unspecified atom stereocenters. The highest BCUT2D eigenvalue weighted by molar-refractivity contribution is 8.22. The van der Waals surface area contributed by atoms with Crippen LogP contribution in [0.5, 0.6) is 0 Å². The van der Waals surface area contributed by atoms with Crippen LogP contribution < -0.4 is 0 Å². The summed E-state index contributed by atoms with van der Waals surface area (Å²) in [4.78, 5) is 11.8. The average molecular weight is 198 g/mol. The molecule has 0 aromatic carbocycles. The summed E-state index contributed by atoms with van der Waals surface area (Å²) in [5.41, 5.74) is 0. The van der Waals surface area contributed by atoms with Crippen LogP contribution in [0.1, 0.15) is 6.42 Å². The maximum atomic E-state index is 11.8. The third-order valence-corrected chi connectivity index (χ3v) is 6.59. The van der Waals surface area contributed by atoms with Crippen molar-refractivity contribution in [2.24, 2.45) is 11.8 Å². The van der Waals surface area contributed by atoms with Crippen LogP contribution in [0.4, 0.5) is 0 Å². The third-order valence-electron chi connectivity index (χ3n) is 3.00. The van der Waals surface area contributed by atoms with Crippen molar-refractivity contribution in [3.8, 4) is 0 Å². The van der Waals surface area contributed by atoms with Crippen LogP contribution in [-0.4, -0.2) is 21.4 Å². The topological polar surface area (TPSA) is 17.1 Å². The Labute approximate surface area is 80.4 Å². The number of carbonyl (C=O) groups is 1. The first kappa shape index (κ1) is 7.51. The molecule has 0 aromatic heterocycles. The van der Waals surface area contributed by atoms with Crippen molar-refractivity contribution >= 4 is 29.3 Å². The number of thioether (sulfide) groups is 2. The van der Waals surface area contributed by atoms with Crippen LogP contribution >= 0.6 is 23.5 Å². The van der Waals surface area contributed by atoms with Gasteiger partial charge in [0.2, 0.25) is 0 Å². The number of ketones is 1. The molecule has 1 saturated heterocycles. The summed E-state index contributed by atoms with van der Waals surface area (Å²) < 4.78 is -0.0162. The fraction of sp³-hybridized carbons (Fsp3) is 0.667. The standard InChI is InChI=1S/C9H10OS2/c10-8-6-2-1-3-7(6)9(8)11-4-5-12-9/h1,3,6-7H,2,4-5H2/t6-,7-/m0/s1. The van der Waals surface area contributed by atoms with Crippen molar-refractivity contribution in [3.63, 3.8) is 0 Å². The van der Waals surface area contributed by atoms with Gasteiger partial charge in [0.15, 0.2) is 5.78 Å². The highest BCUT2D eigenvalue weighted by Gasteiger charge is 2.63. The first-order chi connectivity index (χ1) is 5.84. The Kier molecular flexibility index (Phi) is 1.45. The lowest BCUT2D eigenvalue weighted by Gasteiger charge is -2.46. The van der Waals surface area contributed by atoms with E-state index in [1.54, 1.807) is 0 Å². The van der Waals surface area contributed by atoms with Crippen LogP contribution in [0.3, 0.4) is 0 Å². The molecule has 0 aromatic rings. The van der Waals surface area contributed by atoms with Gasteiger partial charge in [-0.05, 0) is 6.42 Å². The van der Waals surface area contributed by atoms with Crippen LogP contribution in [0, 0.1) is 11.8 Å². The van der Waals surface area contributed by atoms with Gasteiger partial charge in [-0.3, -0.25) is 4.79 Å². The van der Waals surface area contributed by atoms with Crippen LogP contribution in [0.2, 0.25) is 0 Å². The molecular weight excluding hydrogens is 188 g/mol. The van der Waals surface area contributed by atoms with Gasteiger partial charge in [-0.2, -0.15) is 0 Å². The molecule has 0 radical (unpaired) electrons. The zero-order chi connectivity index (χ0) is 8.18. The van der Waals surface area contributed by atoms with E-state index < -0.39 is 0 Å². The molecule has 2 fully saturated rings. The summed E-state index contributed by atoms with van der Waals surface area (Å²) in [5.74, 6) is 3.77. The number of allylic oxidation sites excluding steroid dienone is 2. The Morgan fingerprint density at radius 1 is 1.42 bits per heavy atom. The lowest BCUT2D eigenvalue weighted by atomic mass is 9.73. The fourth-order valence-electron chi connectivity index (χ4n) is 2.40. The van der Waals surface area contributed by atoms with Crippen molar-refractivity contribution in [1.82, 2.24) is 0 Å². The first-order valence-electron chi connectivity index (χ1n) is 4.33. The van der Waals surface area contributed by atoms with E-state index in [1.807, 2.05) is 23.5 Å². The molecule has 1 aliphatic heterocycles. The summed E-state index contributed by atoms with van der Waals surface area (Å²) in [5, 5.41) is 0. The average Bonchev–Trinajstić information content (AvgIpc) is 2.72. The van der Waals surface area contributed by atoms with E-state index >= 15 is 0 Å². The van der Waals surface area contributed by atoms with E-state index in [2.05, 4.69) is 12.2 Å². The third kappa shape index (κ3) is 0.681. The molecule has 3 heteroatoms. The first-order valence-corrected chi connectivity index (χ1v) is 6.30. The molecular formula is C9H10OS2. The van der Waals surface area contributed by atoms with Crippen LogP contribution in [-0.2, 0) is 4.79 Å². The van der Waals surface area contributed by atoms with Crippen molar-refractivity contribution in [3.05, 3.63) is 12.2 Å². The second-order valence-electron chi connectivity index (χ2n) is 3.52. The minimum atomic E-state index is -0.0162. The van der Waals surface area contributed by atoms with Crippen molar-refractivity contribution in [1.29, 1.82) is 0 Å². The molecule has 12 heavy (non-hydrogen) atoms. The molecule has 3 rings (SSSR count). The Hall–Kier alpha value is 0.110. The lowest BCUT2D eigenvalue weighted by molar-refractivity contribution is -0.131. The quantitative estimate of drug-likeness (QED) is 0.554. The van der Waals surface area contributed by atoms with Gasteiger partial charge in [-0.1, -0.05) is 12.2 Å². The summed E-state index contributed by atoms with van der Waals surface area (Å²) in [6, 6.07) is 0. The molecule has 0 amide bonds. The molecule has 0 bridgehead atoms. The molecule has 2 aliphatic carbocycles. The molecule has 64 valence electrons. The fourth-order valence-corrected chi connectivity index (χ4v) is 5.97. The van der Waals surface area contributed by atoms with E-state index in [0.717, 1.165) is 17.9 Å². The number of hydrogen-bond acceptors (Lipinski definition) is 3. The smallest absolute Gasteiger partial charge is 0.163 e. The minimum Gasteiger partial charge on any atom is -0.297 e. The van der Waals surface area contributed by atoms with Gasteiger partial charge < -0.3 is 0 Å². The SMILES string of the molecule is O=C1[C@H]2CC=C[C@@H]2C12SCCS2. The van der Waals surface area contributed by atoms with E-state index in [-0.39, 0.29) is 4.08 Å². The van der Waals surface area contributed by atoms with Gasteiger partial charge >= 0.3 is 0 Å². The molecule has 1 saturated carbocycles. The number of rotatable bonds is 0. The van der Waals surface area contributed by atoms with E-state index in [4.69, 9.17) is 0 Å². The monoisotopic (exact) mass is 198 g/mol. The number of carbonyl (C=O) groups excluding carboxylic acids is 1. The minimum absolute atomic E-state index is 0.0162. The molecule has 0 N–H and O–H groups in total. The zero-order valence-electron chi connectivity index (χ0n) is 6.66. The van der Waals surface area contributed by atoms with Crippen molar-refractivity contribution in [2.75, 3.05) is 11.5 Å². The molecule has 1 nitrogen and oxygen atoms in total. The Balaban J connectivity index is 1.96. The van der Waals surface area contributed by atoms with Gasteiger partial charge in [0.1, 0.15) is 4.08 Å². The number of fused-ring (bicyclic) bond motifs is 2. The van der Waals surface area contributed by atoms with Gasteiger partial charge in [-0.25, -0.2) is 0 Å². The van der Waals surface area contributed by atoms with Gasteiger partial charge in [0, 0.05) is 23.3 Å². The summed E-state index contributed by atoms with van der Waals surface area (Å²) in [6.07, 6.45) is 5.45. The van der Waals surface area contributed by atoms with E-state index in [1.165, 1.54) is 0 Å². The highest BCUT2D eigenvalue weighted by Crippen LogP contribution is 2.63. The number of Topliss-reactive ketones (excluding diaryl/α,β-unsaturated/α-hetero) is 1. The van der Waals surface area contributed by atoms with Gasteiger partial charge in [0.05, 0.1) is 0 Å².